The molecular weight excluding hydrogens is 186 g/mol. The molecule has 1 amide bonds. The van der Waals surface area contributed by atoms with Gasteiger partial charge in [0.2, 0.25) is 5.91 Å². The maximum Gasteiger partial charge on any atom is 0.224 e. The minimum absolute atomic E-state index is 0.157. The van der Waals surface area contributed by atoms with Gasteiger partial charge in [0.1, 0.15) is 0 Å². The summed E-state index contributed by atoms with van der Waals surface area (Å²) in [5, 5.41) is 2.97. The molecule has 0 aromatic carbocycles. The zero-order chi connectivity index (χ0) is 10.3. The van der Waals surface area contributed by atoms with Crippen LogP contribution in [0.25, 0.3) is 0 Å². The third-order valence-corrected chi connectivity index (χ3v) is 3.36. The Kier molecular flexibility index (Phi) is 1.88. The van der Waals surface area contributed by atoms with Gasteiger partial charge in [0.25, 0.3) is 0 Å². The van der Waals surface area contributed by atoms with Crippen molar-refractivity contribution in [3.63, 3.8) is 0 Å². The van der Waals surface area contributed by atoms with Crippen LogP contribution in [-0.2, 0) is 4.79 Å². The van der Waals surface area contributed by atoms with Crippen molar-refractivity contribution < 1.29 is 4.79 Å². The summed E-state index contributed by atoms with van der Waals surface area (Å²) in [4.78, 5) is 11.3. The van der Waals surface area contributed by atoms with Crippen molar-refractivity contribution >= 4 is 5.91 Å². The van der Waals surface area contributed by atoms with E-state index in [-0.39, 0.29) is 5.91 Å². The second-order valence-electron chi connectivity index (χ2n) is 4.25. The van der Waals surface area contributed by atoms with E-state index in [0.29, 0.717) is 18.3 Å². The number of carbonyl (C=O) groups excluding carboxylic acids is 1. The summed E-state index contributed by atoms with van der Waals surface area (Å²) < 4.78 is 0. The van der Waals surface area contributed by atoms with Gasteiger partial charge in [-0.2, -0.15) is 0 Å². The molecule has 1 saturated heterocycles. The van der Waals surface area contributed by atoms with Crippen molar-refractivity contribution in [1.82, 2.24) is 5.32 Å². The van der Waals surface area contributed by atoms with Crippen molar-refractivity contribution in [1.29, 1.82) is 0 Å². The molecule has 3 aliphatic rings. The number of nitrogens with one attached hydrogen (secondary N) is 1. The molecule has 1 heterocycles. The normalized spacial score (nSPS) is 32.4. The number of rotatable bonds is 0. The average molecular weight is 199 g/mol. The molecule has 3 rings (SSSR count). The van der Waals surface area contributed by atoms with E-state index in [2.05, 4.69) is 41.8 Å². The molecule has 2 atom stereocenters. The first-order valence-corrected chi connectivity index (χ1v) is 5.41. The van der Waals surface area contributed by atoms with Gasteiger partial charge < -0.3 is 5.32 Å². The van der Waals surface area contributed by atoms with Crippen LogP contribution >= 0.6 is 0 Å². The SMILES string of the molecule is O=C1CCC2C(=CC=C3C=CC=CC32)N1. The highest BCUT2D eigenvalue weighted by Gasteiger charge is 2.32. The lowest BCUT2D eigenvalue weighted by atomic mass is 9.74. The Morgan fingerprint density at radius 2 is 2.20 bits per heavy atom. The molecule has 1 N–H and O–H groups in total. The minimum Gasteiger partial charge on any atom is -0.329 e. The molecule has 0 radical (unpaired) electrons. The van der Waals surface area contributed by atoms with Crippen molar-refractivity contribution in [3.05, 3.63) is 47.7 Å². The van der Waals surface area contributed by atoms with Gasteiger partial charge in [-0.05, 0) is 18.1 Å². The van der Waals surface area contributed by atoms with Crippen LogP contribution < -0.4 is 5.32 Å². The fraction of sp³-hybridized carbons (Fsp3) is 0.308. The fourth-order valence-corrected chi connectivity index (χ4v) is 2.59. The highest BCUT2D eigenvalue weighted by molar-refractivity contribution is 5.79. The standard InChI is InChI=1S/C13H13NO/c15-13-8-6-11-10-4-2-1-3-9(10)5-7-12(11)14-13/h1-5,7,10-11H,6,8H2,(H,14,15). The molecule has 2 aliphatic carbocycles. The molecule has 1 fully saturated rings. The summed E-state index contributed by atoms with van der Waals surface area (Å²) in [5.74, 6) is 1.10. The summed E-state index contributed by atoms with van der Waals surface area (Å²) in [6.45, 7) is 0. The molecular formula is C13H13NO. The molecule has 1 aliphatic heterocycles. The Labute approximate surface area is 89.1 Å². The lowest BCUT2D eigenvalue weighted by Gasteiger charge is -2.35. The van der Waals surface area contributed by atoms with Crippen LogP contribution in [0.3, 0.4) is 0 Å². The topological polar surface area (TPSA) is 29.1 Å². The van der Waals surface area contributed by atoms with Gasteiger partial charge in [-0.3, -0.25) is 4.79 Å². The molecule has 0 spiro atoms. The first-order valence-electron chi connectivity index (χ1n) is 5.41. The van der Waals surface area contributed by atoms with E-state index in [1.807, 2.05) is 0 Å². The Hall–Kier alpha value is -1.57. The molecule has 76 valence electrons. The highest BCUT2D eigenvalue weighted by atomic mass is 16.1. The largest absolute Gasteiger partial charge is 0.329 e. The number of piperidine rings is 1. The molecule has 0 bridgehead atoms. The van der Waals surface area contributed by atoms with Crippen molar-refractivity contribution in [2.45, 2.75) is 12.8 Å². The van der Waals surface area contributed by atoms with Crippen LogP contribution in [0.15, 0.2) is 47.7 Å². The maximum atomic E-state index is 11.3. The van der Waals surface area contributed by atoms with Gasteiger partial charge in [0.05, 0.1) is 0 Å². The van der Waals surface area contributed by atoms with Crippen LogP contribution in [-0.4, -0.2) is 5.91 Å². The highest BCUT2D eigenvalue weighted by Crippen LogP contribution is 2.38. The summed E-state index contributed by atoms with van der Waals surface area (Å²) in [7, 11) is 0. The number of hydrogen-bond donors (Lipinski definition) is 1. The van der Waals surface area contributed by atoms with Crippen molar-refractivity contribution in [3.8, 4) is 0 Å². The Morgan fingerprint density at radius 1 is 1.27 bits per heavy atom. The van der Waals surface area contributed by atoms with Crippen LogP contribution in [0.5, 0.6) is 0 Å². The van der Waals surface area contributed by atoms with Crippen LogP contribution in [0, 0.1) is 11.8 Å². The lowest BCUT2D eigenvalue weighted by Crippen LogP contribution is -2.37. The van der Waals surface area contributed by atoms with Crippen molar-refractivity contribution in [2.75, 3.05) is 0 Å². The van der Waals surface area contributed by atoms with Gasteiger partial charge in [-0.25, -0.2) is 0 Å². The van der Waals surface area contributed by atoms with E-state index in [9.17, 15) is 4.79 Å². The number of amides is 1. The summed E-state index contributed by atoms with van der Waals surface area (Å²) in [6.07, 6.45) is 14.4. The average Bonchev–Trinajstić information content (AvgIpc) is 2.28. The van der Waals surface area contributed by atoms with Crippen LogP contribution in [0.1, 0.15) is 12.8 Å². The van der Waals surface area contributed by atoms with E-state index in [4.69, 9.17) is 0 Å². The number of allylic oxidation sites excluding steroid dienone is 8. The second kappa shape index (κ2) is 3.23. The number of fused-ring (bicyclic) bond motifs is 3. The van der Waals surface area contributed by atoms with Gasteiger partial charge in [-0.15, -0.1) is 0 Å². The van der Waals surface area contributed by atoms with E-state index >= 15 is 0 Å². The van der Waals surface area contributed by atoms with Gasteiger partial charge >= 0.3 is 0 Å². The molecule has 0 aromatic heterocycles. The molecule has 2 nitrogen and oxygen atoms in total. The zero-order valence-corrected chi connectivity index (χ0v) is 8.44. The zero-order valence-electron chi connectivity index (χ0n) is 8.44. The first kappa shape index (κ1) is 8.72. The van der Waals surface area contributed by atoms with E-state index in [1.165, 1.54) is 5.57 Å². The monoisotopic (exact) mass is 199 g/mol. The molecule has 0 saturated carbocycles. The van der Waals surface area contributed by atoms with Crippen LogP contribution in [0.4, 0.5) is 0 Å². The Balaban J connectivity index is 1.98. The Bertz CT molecular complexity index is 426. The third-order valence-electron chi connectivity index (χ3n) is 3.36. The minimum atomic E-state index is 0.157. The second-order valence-corrected chi connectivity index (χ2v) is 4.25. The van der Waals surface area contributed by atoms with Crippen LogP contribution in [0.2, 0.25) is 0 Å². The predicted molar refractivity (Wildman–Crippen MR) is 58.8 cm³/mol. The smallest absolute Gasteiger partial charge is 0.224 e. The quantitative estimate of drug-likeness (QED) is 0.636. The summed E-state index contributed by atoms with van der Waals surface area (Å²) >= 11 is 0. The number of carbonyl (C=O) groups is 1. The van der Waals surface area contributed by atoms with Crippen molar-refractivity contribution in [2.24, 2.45) is 11.8 Å². The van der Waals surface area contributed by atoms with Gasteiger partial charge in [0.15, 0.2) is 0 Å². The molecule has 0 aromatic rings. The summed E-state index contributed by atoms with van der Waals surface area (Å²) in [5.41, 5.74) is 2.46. The lowest BCUT2D eigenvalue weighted by molar-refractivity contribution is -0.121. The van der Waals surface area contributed by atoms with E-state index in [0.717, 1.165) is 12.1 Å². The Morgan fingerprint density at radius 3 is 3.13 bits per heavy atom. The predicted octanol–water partition coefficient (Wildman–Crippen LogP) is 2.08. The van der Waals surface area contributed by atoms with E-state index in [1.54, 1.807) is 0 Å². The maximum absolute atomic E-state index is 11.3. The molecule has 2 unspecified atom stereocenters. The number of hydrogen-bond acceptors (Lipinski definition) is 1. The van der Waals surface area contributed by atoms with Gasteiger partial charge in [-0.1, -0.05) is 30.4 Å². The fourth-order valence-electron chi connectivity index (χ4n) is 2.59. The molecule has 15 heavy (non-hydrogen) atoms. The summed E-state index contributed by atoms with van der Waals surface area (Å²) in [6, 6.07) is 0. The van der Waals surface area contributed by atoms with Gasteiger partial charge in [0, 0.05) is 24.0 Å². The molecule has 2 heteroatoms. The first-order chi connectivity index (χ1) is 7.34. The third kappa shape index (κ3) is 1.37. The van der Waals surface area contributed by atoms with E-state index < -0.39 is 0 Å².